The van der Waals surface area contributed by atoms with Gasteiger partial charge in [-0.05, 0) is 49.6 Å². The van der Waals surface area contributed by atoms with E-state index in [0.29, 0.717) is 49.1 Å². The van der Waals surface area contributed by atoms with Crippen molar-refractivity contribution in [3.63, 3.8) is 0 Å². The third kappa shape index (κ3) is 14.4. The molecule has 1 fully saturated rings. The van der Waals surface area contributed by atoms with Crippen LogP contribution in [0.25, 0.3) is 6.08 Å². The maximum absolute atomic E-state index is 13.5. The Labute approximate surface area is 353 Å². The number of aromatic nitrogens is 2. The number of unbranched alkanes of at least 4 members (excludes halogenated alkanes) is 1. The quantitative estimate of drug-likeness (QED) is 0.157. The van der Waals surface area contributed by atoms with Crippen LogP contribution in [-0.2, 0) is 15.9 Å². The van der Waals surface area contributed by atoms with Crippen LogP contribution in [0.2, 0.25) is 0 Å². The number of cyclic esters (lactones) is 2. The van der Waals surface area contributed by atoms with Crippen LogP contribution in [0.3, 0.4) is 0 Å². The highest BCUT2D eigenvalue weighted by atomic mass is 32.1. The minimum Gasteiger partial charge on any atom is -0.457 e. The molecule has 4 bridgehead atoms. The Morgan fingerprint density at radius 1 is 0.793 bits per heavy atom. The number of rotatable bonds is 10. The largest absolute Gasteiger partial charge is 0.457 e. The predicted molar refractivity (Wildman–Crippen MR) is 238 cm³/mol. The van der Waals surface area contributed by atoms with E-state index in [0.717, 1.165) is 24.3 Å². The molecule has 0 amide bonds. The van der Waals surface area contributed by atoms with Crippen LogP contribution < -0.4 is 5.73 Å². The number of fused-ring (bicyclic) bond motifs is 5. The average Bonchev–Trinajstić information content (AvgIpc) is 3.49. The van der Waals surface area contributed by atoms with Crippen molar-refractivity contribution in [1.29, 1.82) is 0 Å². The van der Waals surface area contributed by atoms with Crippen molar-refractivity contribution in [1.82, 2.24) is 9.97 Å². The number of nitrogens with zero attached hydrogens (tertiary/aromatic N) is 2. The van der Waals surface area contributed by atoms with Crippen molar-refractivity contribution >= 4 is 40.7 Å². The molecule has 4 N–H and O–H groups in total. The number of esters is 2. The lowest BCUT2D eigenvalue weighted by Crippen LogP contribution is -2.42. The van der Waals surface area contributed by atoms with Crippen LogP contribution in [0.4, 0.5) is 0 Å². The molecule has 2 aromatic rings. The van der Waals surface area contributed by atoms with Gasteiger partial charge in [-0.1, -0.05) is 139 Å². The van der Waals surface area contributed by atoms with Gasteiger partial charge in [-0.2, -0.15) is 0 Å². The van der Waals surface area contributed by atoms with Gasteiger partial charge in [0.05, 0.1) is 17.2 Å². The highest BCUT2D eigenvalue weighted by Crippen LogP contribution is 2.41. The maximum Gasteiger partial charge on any atom is 0.358 e. The number of thiazole rings is 2. The third-order valence-corrected chi connectivity index (χ3v) is 12.4. The van der Waals surface area contributed by atoms with E-state index in [-0.39, 0.29) is 17.3 Å². The number of carbonyl (C=O) groups excluding carboxylic acids is 2. The number of hydrogen-bond acceptors (Lipinski definition) is 11. The Balaban J connectivity index is 1.56. The van der Waals surface area contributed by atoms with Crippen molar-refractivity contribution in [3.05, 3.63) is 123 Å². The summed E-state index contributed by atoms with van der Waals surface area (Å²) >= 11 is 2.80. The molecule has 9 nitrogen and oxygen atoms in total. The molecule has 2 aromatic heterocycles. The Morgan fingerprint density at radius 2 is 1.38 bits per heavy atom. The first kappa shape index (κ1) is 46.7. The molecule has 11 heteroatoms. The molecule has 1 aliphatic carbocycles. The first-order valence-corrected chi connectivity index (χ1v) is 22.2. The predicted octanol–water partition coefficient (Wildman–Crippen LogP) is 9.79. The fraction of sp³-hybridized carbons (Fsp3) is 0.489. The van der Waals surface area contributed by atoms with Crippen LogP contribution in [0, 0.1) is 28.6 Å². The molecule has 0 radical (unpaired) electrons. The van der Waals surface area contributed by atoms with Crippen LogP contribution in [0.1, 0.15) is 111 Å². The second-order valence-electron chi connectivity index (χ2n) is 16.3. The first-order valence-electron chi connectivity index (χ1n) is 20.5. The number of aliphatic hydroxyl groups excluding tert-OH is 2. The summed E-state index contributed by atoms with van der Waals surface area (Å²) < 4.78 is 12.2. The van der Waals surface area contributed by atoms with Gasteiger partial charge < -0.3 is 25.4 Å². The highest BCUT2D eigenvalue weighted by Gasteiger charge is 2.39. The van der Waals surface area contributed by atoms with Gasteiger partial charge >= 0.3 is 11.9 Å². The van der Waals surface area contributed by atoms with Gasteiger partial charge in [0.1, 0.15) is 17.2 Å². The van der Waals surface area contributed by atoms with Gasteiger partial charge in [-0.15, -0.1) is 22.7 Å². The summed E-state index contributed by atoms with van der Waals surface area (Å²) in [5.41, 5.74) is 4.60. The second-order valence-corrected chi connectivity index (χ2v) is 18.2. The SMILES string of the molecule is CCC/C=C/[C@H](O)C(C)(C)[C@@H]1C/C=C\[C@H]2C[C@H]2/C=C/C=C\c2nc(cs2)C(=O)O[C@H](C(C)(C)[C@@H](O)/C=C/CCN)C\C=C/C=C\C=C\[C@H](C)Cc2nc(cs2)C(=O)O1. The molecule has 58 heavy (non-hydrogen) atoms. The standard InChI is InChI=1S/C47H63N3O6S2/c1-7-8-12-23-38(51)47(5,6)41-26-19-22-35-30-34(35)21-15-16-27-42-49-36(31-57-42)44(53)55-40(46(3,4)39(52)24-17-18-28-48)25-14-11-9-10-13-20-33(2)29-43-50-37(32-58-43)45(54)56-41/h9-17,19-24,27,31-35,38-41,51-52H,7-8,18,25-26,28-30,48H2,1-6H3/b10-9-,14-11-,20-13+,21-15+,22-19-,23-12+,24-17+,27-16-/t33-,34+,35-,38-,39-,40-,41-/m0/s1. The van der Waals surface area contributed by atoms with Gasteiger partial charge in [0.15, 0.2) is 11.4 Å². The fourth-order valence-electron chi connectivity index (χ4n) is 6.34. The minimum absolute atomic E-state index is 0.159. The van der Waals surface area contributed by atoms with E-state index in [9.17, 15) is 19.8 Å². The molecule has 1 aliphatic heterocycles. The van der Waals surface area contributed by atoms with Crippen molar-refractivity contribution in [2.24, 2.45) is 34.3 Å². The van der Waals surface area contributed by atoms with Gasteiger partial charge in [0.25, 0.3) is 0 Å². The normalized spacial score (nSPS) is 27.4. The van der Waals surface area contributed by atoms with Gasteiger partial charge in [-0.25, -0.2) is 19.6 Å². The molecule has 0 unspecified atom stereocenters. The monoisotopic (exact) mass is 829 g/mol. The summed E-state index contributed by atoms with van der Waals surface area (Å²) in [5.74, 6) is -0.108. The minimum atomic E-state index is -0.865. The maximum atomic E-state index is 13.5. The summed E-state index contributed by atoms with van der Waals surface area (Å²) in [7, 11) is 0. The van der Waals surface area contributed by atoms with E-state index in [1.807, 2.05) is 94.5 Å². The Hall–Kier alpha value is -4.00. The Morgan fingerprint density at radius 3 is 2.05 bits per heavy atom. The number of nitrogens with two attached hydrogens (primary N) is 1. The highest BCUT2D eigenvalue weighted by molar-refractivity contribution is 7.10. The van der Waals surface area contributed by atoms with E-state index in [2.05, 4.69) is 48.1 Å². The van der Waals surface area contributed by atoms with Crippen LogP contribution in [0.5, 0.6) is 0 Å². The average molecular weight is 830 g/mol. The number of aliphatic hydroxyl groups is 2. The molecule has 2 aliphatic rings. The van der Waals surface area contributed by atoms with Crippen molar-refractivity contribution in [3.8, 4) is 0 Å². The summed E-state index contributed by atoms with van der Waals surface area (Å²) in [6.07, 6.45) is 33.4. The van der Waals surface area contributed by atoms with Gasteiger partial charge in [0.2, 0.25) is 0 Å². The molecule has 7 atom stereocenters. The smallest absolute Gasteiger partial charge is 0.358 e. The van der Waals surface area contributed by atoms with Crippen molar-refractivity contribution in [2.75, 3.05) is 6.54 Å². The van der Waals surface area contributed by atoms with E-state index < -0.39 is 47.2 Å². The lowest BCUT2D eigenvalue weighted by Gasteiger charge is -2.36. The van der Waals surface area contributed by atoms with Crippen molar-refractivity contribution < 1.29 is 29.3 Å². The van der Waals surface area contributed by atoms with Crippen LogP contribution in [0.15, 0.2) is 102 Å². The zero-order valence-electron chi connectivity index (χ0n) is 34.9. The molecule has 314 valence electrons. The molecule has 1 saturated carbocycles. The van der Waals surface area contributed by atoms with Crippen LogP contribution >= 0.6 is 22.7 Å². The number of allylic oxidation sites excluding steroid dienone is 10. The van der Waals surface area contributed by atoms with E-state index >= 15 is 0 Å². The zero-order valence-corrected chi connectivity index (χ0v) is 36.5. The molecular formula is C47H63N3O6S2. The zero-order chi connectivity index (χ0) is 42.1. The summed E-state index contributed by atoms with van der Waals surface area (Å²) in [5, 5.41) is 27.3. The molecule has 0 spiro atoms. The van der Waals surface area contributed by atoms with E-state index in [1.165, 1.54) is 22.7 Å². The molecule has 0 saturated heterocycles. The van der Waals surface area contributed by atoms with Gasteiger partial charge in [0, 0.05) is 40.9 Å². The Bertz CT molecular complexity index is 1860. The molecular weight excluding hydrogens is 767 g/mol. The number of ether oxygens (including phenoxy) is 2. The summed E-state index contributed by atoms with van der Waals surface area (Å²) in [6, 6.07) is 0. The third-order valence-electron chi connectivity index (χ3n) is 10.7. The lowest BCUT2D eigenvalue weighted by molar-refractivity contribution is -0.0461. The number of carbonyl (C=O) groups is 2. The first-order chi connectivity index (χ1) is 27.8. The number of hydrogen-bond donors (Lipinski definition) is 3. The topological polar surface area (TPSA) is 145 Å². The second kappa shape index (κ2) is 23.0. The van der Waals surface area contributed by atoms with E-state index in [4.69, 9.17) is 15.2 Å². The summed E-state index contributed by atoms with van der Waals surface area (Å²) in [6.45, 7) is 12.3. The Kier molecular flexibility index (Phi) is 18.5. The van der Waals surface area contributed by atoms with E-state index in [1.54, 1.807) is 16.8 Å². The lowest BCUT2D eigenvalue weighted by atomic mass is 9.78. The fourth-order valence-corrected chi connectivity index (χ4v) is 7.94. The molecule has 4 rings (SSSR count). The van der Waals surface area contributed by atoms with Gasteiger partial charge in [-0.3, -0.25) is 0 Å². The molecule has 0 aromatic carbocycles. The van der Waals surface area contributed by atoms with Crippen molar-refractivity contribution in [2.45, 2.75) is 111 Å². The van der Waals surface area contributed by atoms with Crippen LogP contribution in [-0.4, -0.2) is 63.1 Å². The molecule has 3 heterocycles. The summed E-state index contributed by atoms with van der Waals surface area (Å²) in [4.78, 5) is 36.0.